The molecular weight excluding hydrogens is 500 g/mol. The van der Waals surface area contributed by atoms with Gasteiger partial charge in [-0.1, -0.05) is 20.3 Å². The number of aliphatic hydroxyl groups excluding tert-OH is 2. The molecule has 6 rings (SSSR count). The molecule has 5 heteroatoms. The molecule has 0 spiro atoms. The summed E-state index contributed by atoms with van der Waals surface area (Å²) in [5.41, 5.74) is 0.492. The molecule has 0 aromatic heterocycles. The van der Waals surface area contributed by atoms with Gasteiger partial charge in [0.1, 0.15) is 12.1 Å². The number of likely N-dealkylation sites (tertiary alicyclic amines) is 2. The van der Waals surface area contributed by atoms with E-state index in [1.165, 1.54) is 103 Å². The SMILES string of the molecule is C[C@]12CC(N3CCCCC3)[C@@H](O)C[C@@H]1CC[C@@H]1[C@@H]2CC[C@]2(C)C(O)C([N+]3(C)CCCCC3)C[C@@H]12.[Br-]. The molecule has 6 aliphatic rings. The summed E-state index contributed by atoms with van der Waals surface area (Å²) in [6.45, 7) is 10.1. The molecule has 35 heavy (non-hydrogen) atoms. The highest BCUT2D eigenvalue weighted by Gasteiger charge is 2.65. The molecule has 0 amide bonds. The second-order valence-electron chi connectivity index (χ2n) is 14.6. The van der Waals surface area contributed by atoms with Crippen LogP contribution in [0.3, 0.4) is 0 Å². The van der Waals surface area contributed by atoms with Crippen molar-refractivity contribution in [2.75, 3.05) is 33.2 Å². The lowest BCUT2D eigenvalue weighted by Crippen LogP contribution is -3.00. The molecule has 4 aliphatic carbocycles. The van der Waals surface area contributed by atoms with E-state index >= 15 is 0 Å². The molecule has 4 saturated carbocycles. The third kappa shape index (κ3) is 4.21. The summed E-state index contributed by atoms with van der Waals surface area (Å²) >= 11 is 0. The van der Waals surface area contributed by atoms with E-state index in [1.54, 1.807) is 0 Å². The van der Waals surface area contributed by atoms with Gasteiger partial charge in [0, 0.05) is 17.9 Å². The van der Waals surface area contributed by atoms with Gasteiger partial charge in [0.25, 0.3) is 0 Å². The number of nitrogens with zero attached hydrogens (tertiary/aromatic N) is 2. The molecule has 3 unspecified atom stereocenters. The van der Waals surface area contributed by atoms with Crippen LogP contribution < -0.4 is 17.0 Å². The van der Waals surface area contributed by atoms with Gasteiger partial charge < -0.3 is 31.7 Å². The van der Waals surface area contributed by atoms with E-state index in [0.29, 0.717) is 29.3 Å². The minimum absolute atomic E-state index is 0. The summed E-state index contributed by atoms with van der Waals surface area (Å²) in [6.07, 6.45) is 16.5. The lowest BCUT2D eigenvalue weighted by Gasteiger charge is -2.62. The smallest absolute Gasteiger partial charge is 0.116 e. The Morgan fingerprint density at radius 1 is 0.800 bits per heavy atom. The summed E-state index contributed by atoms with van der Waals surface area (Å²) in [5, 5.41) is 23.1. The lowest BCUT2D eigenvalue weighted by atomic mass is 9.44. The van der Waals surface area contributed by atoms with E-state index in [-0.39, 0.29) is 34.6 Å². The van der Waals surface area contributed by atoms with Crippen molar-refractivity contribution in [3.63, 3.8) is 0 Å². The van der Waals surface area contributed by atoms with Crippen molar-refractivity contribution in [1.82, 2.24) is 4.90 Å². The van der Waals surface area contributed by atoms with E-state index in [2.05, 4.69) is 25.8 Å². The van der Waals surface area contributed by atoms with Crippen LogP contribution in [0.2, 0.25) is 0 Å². The predicted octanol–water partition coefficient (Wildman–Crippen LogP) is 1.83. The molecule has 0 aromatic carbocycles. The second-order valence-corrected chi connectivity index (χ2v) is 14.6. The summed E-state index contributed by atoms with van der Waals surface area (Å²) in [5.74, 6) is 2.97. The highest BCUT2D eigenvalue weighted by atomic mass is 79.9. The predicted molar refractivity (Wildman–Crippen MR) is 137 cm³/mol. The highest BCUT2D eigenvalue weighted by Crippen LogP contribution is 2.67. The minimum atomic E-state index is -0.124. The molecule has 10 atom stereocenters. The first-order valence-electron chi connectivity index (χ1n) is 15.2. The minimum Gasteiger partial charge on any atom is -1.00 e. The average Bonchev–Trinajstić information content (AvgIpc) is 3.12. The number of likely N-dealkylation sites (N-methyl/N-ethyl adjacent to an activating group) is 1. The Bertz CT molecular complexity index is 753. The maximum absolute atomic E-state index is 11.8. The number of halogens is 1. The molecule has 0 bridgehead atoms. The molecule has 0 radical (unpaired) electrons. The Kier molecular flexibility index (Phi) is 7.54. The van der Waals surface area contributed by atoms with Gasteiger partial charge in [-0.2, -0.15) is 0 Å². The molecule has 2 N–H and O–H groups in total. The van der Waals surface area contributed by atoms with Crippen molar-refractivity contribution in [1.29, 1.82) is 0 Å². The van der Waals surface area contributed by atoms with Gasteiger partial charge in [0.05, 0.1) is 26.2 Å². The zero-order valence-electron chi connectivity index (χ0n) is 22.8. The molecule has 4 nitrogen and oxygen atoms in total. The largest absolute Gasteiger partial charge is 1.00 e. The fourth-order valence-corrected chi connectivity index (χ4v) is 11.0. The molecular formula is C30H53BrN2O2. The maximum Gasteiger partial charge on any atom is 0.116 e. The van der Waals surface area contributed by atoms with Crippen LogP contribution in [0.15, 0.2) is 0 Å². The number of fused-ring (bicyclic) bond motifs is 5. The topological polar surface area (TPSA) is 43.7 Å². The molecule has 2 saturated heterocycles. The molecule has 6 fully saturated rings. The van der Waals surface area contributed by atoms with E-state index in [4.69, 9.17) is 0 Å². The van der Waals surface area contributed by atoms with Crippen LogP contribution in [0, 0.1) is 34.5 Å². The normalized spacial score (nSPS) is 52.0. The first kappa shape index (κ1) is 26.9. The Balaban J connectivity index is 0.00000253. The molecule has 2 aliphatic heterocycles. The van der Waals surface area contributed by atoms with E-state index in [9.17, 15) is 10.2 Å². The van der Waals surface area contributed by atoms with Crippen molar-refractivity contribution in [2.45, 2.75) is 122 Å². The second kappa shape index (κ2) is 9.81. The third-order valence-electron chi connectivity index (χ3n) is 13.2. The average molecular weight is 554 g/mol. The van der Waals surface area contributed by atoms with Crippen LogP contribution in [-0.2, 0) is 0 Å². The van der Waals surface area contributed by atoms with Crippen LogP contribution in [0.4, 0.5) is 0 Å². The van der Waals surface area contributed by atoms with Crippen LogP contribution >= 0.6 is 0 Å². The zero-order chi connectivity index (χ0) is 23.7. The van der Waals surface area contributed by atoms with Crippen LogP contribution in [0.1, 0.15) is 97.3 Å². The van der Waals surface area contributed by atoms with Crippen molar-refractivity contribution >= 4 is 0 Å². The van der Waals surface area contributed by atoms with Crippen LogP contribution in [0.5, 0.6) is 0 Å². The maximum atomic E-state index is 11.8. The van der Waals surface area contributed by atoms with Crippen molar-refractivity contribution in [3.8, 4) is 0 Å². The van der Waals surface area contributed by atoms with Crippen molar-refractivity contribution in [2.24, 2.45) is 34.5 Å². The first-order valence-corrected chi connectivity index (χ1v) is 15.2. The fraction of sp³-hybridized carbons (Fsp3) is 1.00. The van der Waals surface area contributed by atoms with Gasteiger partial charge in [-0.05, 0) is 113 Å². The summed E-state index contributed by atoms with van der Waals surface area (Å²) in [6, 6.07) is 0.835. The number of hydrogen-bond acceptors (Lipinski definition) is 3. The number of piperidine rings is 2. The zero-order valence-corrected chi connectivity index (χ0v) is 24.4. The Hall–Kier alpha value is 0.320. The monoisotopic (exact) mass is 552 g/mol. The van der Waals surface area contributed by atoms with Crippen molar-refractivity contribution in [3.05, 3.63) is 0 Å². The molecule has 0 aromatic rings. The van der Waals surface area contributed by atoms with Gasteiger partial charge in [-0.3, -0.25) is 4.90 Å². The van der Waals surface area contributed by atoms with Gasteiger partial charge in [-0.15, -0.1) is 0 Å². The molecule has 2 heterocycles. The number of rotatable bonds is 2. The Morgan fingerprint density at radius 3 is 2.20 bits per heavy atom. The van der Waals surface area contributed by atoms with E-state index in [0.717, 1.165) is 22.7 Å². The van der Waals surface area contributed by atoms with Crippen molar-refractivity contribution < 1.29 is 31.7 Å². The Labute approximate surface area is 225 Å². The van der Waals surface area contributed by atoms with Gasteiger partial charge in [0.15, 0.2) is 0 Å². The number of hydrogen-bond donors (Lipinski definition) is 2. The number of aliphatic hydroxyl groups is 2. The van der Waals surface area contributed by atoms with Gasteiger partial charge >= 0.3 is 0 Å². The van der Waals surface area contributed by atoms with E-state index in [1.807, 2.05) is 0 Å². The first-order chi connectivity index (χ1) is 16.3. The third-order valence-corrected chi connectivity index (χ3v) is 13.2. The highest BCUT2D eigenvalue weighted by molar-refractivity contribution is 5.13. The standard InChI is InChI=1S/C30H53N2O2.BrH/c1-29-13-12-23-22(24(29)19-26(28(29)34)32(3)16-8-5-9-17-32)11-10-21-18-27(33)25(20-30(21,23)2)31-14-6-4-7-15-31;/h21-28,33-34H,4-20H2,1-3H3;1H/q+1;/p-1/t21-,22+,23-,24-,25?,26?,27-,28?,29-,30-;/m0./s1. The summed E-state index contributed by atoms with van der Waals surface area (Å²) in [4.78, 5) is 2.67. The quantitative estimate of drug-likeness (QED) is 0.513. The van der Waals surface area contributed by atoms with Crippen LogP contribution in [0.25, 0.3) is 0 Å². The van der Waals surface area contributed by atoms with E-state index < -0.39 is 0 Å². The summed E-state index contributed by atoms with van der Waals surface area (Å²) in [7, 11) is 2.47. The molecule has 202 valence electrons. The lowest BCUT2D eigenvalue weighted by molar-refractivity contribution is -0.940. The summed E-state index contributed by atoms with van der Waals surface area (Å²) < 4.78 is 1.13. The fourth-order valence-electron chi connectivity index (χ4n) is 11.0. The van der Waals surface area contributed by atoms with Gasteiger partial charge in [0.2, 0.25) is 0 Å². The number of quaternary nitrogens is 1. The van der Waals surface area contributed by atoms with Gasteiger partial charge in [-0.25, -0.2) is 0 Å². The Morgan fingerprint density at radius 2 is 1.49 bits per heavy atom. The van der Waals surface area contributed by atoms with Crippen LogP contribution in [-0.4, -0.2) is 77.1 Å².